The van der Waals surface area contributed by atoms with Gasteiger partial charge < -0.3 is 31.3 Å². The summed E-state index contributed by atoms with van der Waals surface area (Å²) in [4.78, 5) is 21.4. The highest BCUT2D eigenvalue weighted by Gasteiger charge is 2.32. The number of amides is 1. The molecule has 0 saturated heterocycles. The number of carboxylic acid groups (broad SMARTS) is 1. The van der Waals surface area contributed by atoms with Gasteiger partial charge in [-0.15, -0.1) is 11.5 Å². The van der Waals surface area contributed by atoms with Crippen LogP contribution in [0.2, 0.25) is 0 Å². The molecule has 1 amide bonds. The Morgan fingerprint density at radius 3 is 1.90 bits per heavy atom. The molecule has 0 bridgehead atoms. The van der Waals surface area contributed by atoms with E-state index in [-0.39, 0.29) is 19.6 Å². The van der Waals surface area contributed by atoms with Crippen molar-refractivity contribution in [2.45, 2.75) is 39.2 Å². The molecule has 0 aliphatic rings. The van der Waals surface area contributed by atoms with E-state index in [0.717, 1.165) is 26.2 Å². The first kappa shape index (κ1) is 29.0. The van der Waals surface area contributed by atoms with Crippen molar-refractivity contribution in [3.05, 3.63) is 36.8 Å². The maximum atomic E-state index is 11.3. The maximum Gasteiger partial charge on any atom is 0.305 e. The number of hydrogen-bond donors (Lipinski definition) is 6. The minimum atomic E-state index is -1.35. The van der Waals surface area contributed by atoms with Crippen molar-refractivity contribution in [3.63, 3.8) is 0 Å². The van der Waals surface area contributed by atoms with E-state index in [1.165, 1.54) is 26.7 Å². The van der Waals surface area contributed by atoms with Gasteiger partial charge in [-0.05, 0) is 38.1 Å². The molecule has 0 rings (SSSR count). The van der Waals surface area contributed by atoms with Crippen molar-refractivity contribution in [3.8, 4) is 0 Å². The fraction of sp³-hybridized carbons (Fsp3) is 0.619. The molecule has 1 unspecified atom stereocenters. The van der Waals surface area contributed by atoms with Gasteiger partial charge in [0.1, 0.15) is 6.10 Å². The summed E-state index contributed by atoms with van der Waals surface area (Å²) in [6, 6.07) is 0. The number of rotatable bonds is 15. The molecule has 0 fully saturated rings. The van der Waals surface area contributed by atoms with Crippen molar-refractivity contribution in [1.29, 1.82) is 0 Å². The van der Waals surface area contributed by atoms with Gasteiger partial charge in [-0.3, -0.25) is 9.59 Å². The number of carbonyl (C=O) groups excluding carboxylic acids is 1. The van der Waals surface area contributed by atoms with E-state index in [9.17, 15) is 14.7 Å². The molecule has 0 saturated carbocycles. The van der Waals surface area contributed by atoms with Crippen LogP contribution < -0.4 is 16.0 Å². The highest BCUT2D eigenvalue weighted by atomic mass is 16.4. The number of aliphatic carboxylic acids is 1. The Morgan fingerprint density at radius 2 is 1.52 bits per heavy atom. The summed E-state index contributed by atoms with van der Waals surface area (Å²) in [5.41, 5.74) is 4.51. The van der Waals surface area contributed by atoms with Crippen molar-refractivity contribution in [1.82, 2.24) is 16.0 Å². The van der Waals surface area contributed by atoms with Crippen LogP contribution in [-0.2, 0) is 9.59 Å². The number of nitrogens with one attached hydrogen (secondary N) is 3. The van der Waals surface area contributed by atoms with Crippen LogP contribution in [0.25, 0.3) is 0 Å². The first-order valence-electron chi connectivity index (χ1n) is 9.61. The van der Waals surface area contributed by atoms with Crippen molar-refractivity contribution in [2.24, 2.45) is 5.41 Å². The summed E-state index contributed by atoms with van der Waals surface area (Å²) in [6.07, 6.45) is 4.63. The van der Waals surface area contributed by atoms with E-state index < -0.39 is 23.4 Å². The topological polar surface area (TPSA) is 131 Å². The number of aliphatic hydroxyl groups is 2. The Hall–Kier alpha value is -2.18. The van der Waals surface area contributed by atoms with Crippen LogP contribution in [0, 0.1) is 5.41 Å². The summed E-state index contributed by atoms with van der Waals surface area (Å²) in [6.45, 7) is 13.5. The second kappa shape index (κ2) is 19.2. The molecule has 0 aromatic rings. The molecule has 0 heterocycles. The third-order valence-electron chi connectivity index (χ3n) is 3.77. The van der Waals surface area contributed by atoms with Gasteiger partial charge in [0.2, 0.25) is 5.91 Å². The lowest BCUT2D eigenvalue weighted by Crippen LogP contribution is -2.45. The van der Waals surface area contributed by atoms with E-state index in [0.29, 0.717) is 0 Å². The van der Waals surface area contributed by atoms with Crippen LogP contribution in [-0.4, -0.2) is 72.6 Å². The number of carbonyl (C=O) groups is 2. The SMILES string of the molecule is C=C=CCNCCCCNCC=C=C.CC(C)(CO)C(O)C(=O)NCCC(=O)O. The lowest BCUT2D eigenvalue weighted by Gasteiger charge is -2.26. The summed E-state index contributed by atoms with van der Waals surface area (Å²) >= 11 is 0. The van der Waals surface area contributed by atoms with E-state index in [2.05, 4.69) is 40.6 Å². The largest absolute Gasteiger partial charge is 0.481 e. The molecular weight excluding hydrogens is 374 g/mol. The van der Waals surface area contributed by atoms with Gasteiger partial charge >= 0.3 is 5.97 Å². The predicted octanol–water partition coefficient (Wildman–Crippen LogP) is 0.585. The molecule has 0 aromatic carbocycles. The minimum absolute atomic E-state index is 0.0350. The van der Waals surface area contributed by atoms with Crippen LogP contribution in [0.15, 0.2) is 36.8 Å². The van der Waals surface area contributed by atoms with Gasteiger partial charge in [-0.1, -0.05) is 27.0 Å². The summed E-state index contributed by atoms with van der Waals surface area (Å²) in [5.74, 6) is -1.69. The third-order valence-corrected chi connectivity index (χ3v) is 3.77. The highest BCUT2D eigenvalue weighted by Crippen LogP contribution is 2.19. The zero-order chi connectivity index (χ0) is 22.5. The number of aliphatic hydroxyl groups excluding tert-OH is 2. The fourth-order valence-electron chi connectivity index (χ4n) is 1.82. The molecule has 0 radical (unpaired) electrons. The number of carboxylic acids is 1. The molecule has 6 N–H and O–H groups in total. The average molecular weight is 412 g/mol. The first-order valence-corrected chi connectivity index (χ1v) is 9.61. The molecular formula is C21H37N3O5. The monoisotopic (exact) mass is 411 g/mol. The van der Waals surface area contributed by atoms with E-state index in [1.807, 2.05) is 12.2 Å². The van der Waals surface area contributed by atoms with Crippen LogP contribution in [0.3, 0.4) is 0 Å². The Balaban J connectivity index is 0. The standard InChI is InChI=1S/C12H20N2.C9H17NO5/c1-3-5-9-13-11-7-8-12-14-10-6-4-2;1-9(2,5-11)7(14)8(15)10-4-3-6(12)13/h5-6,13-14H,1-2,7-12H2;7,11,14H,3-5H2,1-2H3,(H,10,15)(H,12,13). The quantitative estimate of drug-likeness (QED) is 0.172. The smallest absolute Gasteiger partial charge is 0.305 e. The third kappa shape index (κ3) is 18.9. The van der Waals surface area contributed by atoms with Gasteiger partial charge in [0, 0.05) is 25.0 Å². The van der Waals surface area contributed by atoms with Crippen LogP contribution in [0.1, 0.15) is 33.1 Å². The van der Waals surface area contributed by atoms with Crippen LogP contribution in [0.4, 0.5) is 0 Å². The van der Waals surface area contributed by atoms with Crippen LogP contribution in [0.5, 0.6) is 0 Å². The van der Waals surface area contributed by atoms with Gasteiger partial charge in [0.05, 0.1) is 13.0 Å². The van der Waals surface area contributed by atoms with E-state index in [4.69, 9.17) is 10.2 Å². The molecule has 0 aromatic heterocycles. The van der Waals surface area contributed by atoms with Crippen molar-refractivity contribution >= 4 is 11.9 Å². The van der Waals surface area contributed by atoms with Gasteiger partial charge in [0.25, 0.3) is 0 Å². The Kier molecular flexibility index (Phi) is 19.2. The van der Waals surface area contributed by atoms with Crippen molar-refractivity contribution < 1.29 is 24.9 Å². The lowest BCUT2D eigenvalue weighted by molar-refractivity contribution is -0.138. The molecule has 166 valence electrons. The molecule has 0 spiro atoms. The lowest BCUT2D eigenvalue weighted by atomic mass is 9.87. The number of unbranched alkanes of at least 4 members (excludes halogenated alkanes) is 1. The summed E-state index contributed by atoms with van der Waals surface area (Å²) < 4.78 is 0. The molecule has 8 nitrogen and oxygen atoms in total. The molecule has 0 aliphatic heterocycles. The second-order valence-electron chi connectivity index (χ2n) is 6.92. The van der Waals surface area contributed by atoms with E-state index >= 15 is 0 Å². The molecule has 1 atom stereocenters. The van der Waals surface area contributed by atoms with Gasteiger partial charge in [-0.25, -0.2) is 0 Å². The first-order chi connectivity index (χ1) is 13.7. The predicted molar refractivity (Wildman–Crippen MR) is 115 cm³/mol. The summed E-state index contributed by atoms with van der Waals surface area (Å²) in [5, 5.41) is 35.5. The number of hydrogen-bond acceptors (Lipinski definition) is 6. The second-order valence-corrected chi connectivity index (χ2v) is 6.92. The fourth-order valence-corrected chi connectivity index (χ4v) is 1.82. The molecule has 0 aliphatic carbocycles. The van der Waals surface area contributed by atoms with Gasteiger partial charge in [-0.2, -0.15) is 0 Å². The summed E-state index contributed by atoms with van der Waals surface area (Å²) in [7, 11) is 0. The van der Waals surface area contributed by atoms with Crippen LogP contribution >= 0.6 is 0 Å². The van der Waals surface area contributed by atoms with E-state index in [1.54, 1.807) is 0 Å². The normalized spacial score (nSPS) is 11.2. The molecule has 8 heteroatoms. The Morgan fingerprint density at radius 1 is 1.03 bits per heavy atom. The maximum absolute atomic E-state index is 11.3. The molecule has 29 heavy (non-hydrogen) atoms. The zero-order valence-corrected chi connectivity index (χ0v) is 17.7. The minimum Gasteiger partial charge on any atom is -0.481 e. The van der Waals surface area contributed by atoms with Gasteiger partial charge in [0.15, 0.2) is 0 Å². The zero-order valence-electron chi connectivity index (χ0n) is 17.7. The Bertz CT molecular complexity index is 527. The Labute approximate surface area is 174 Å². The average Bonchev–Trinajstić information content (AvgIpc) is 2.69. The van der Waals surface area contributed by atoms with Crippen molar-refractivity contribution in [2.75, 3.05) is 39.3 Å². The highest BCUT2D eigenvalue weighted by molar-refractivity contribution is 5.81.